The van der Waals surface area contributed by atoms with Gasteiger partial charge in [-0.2, -0.15) is 0 Å². The lowest BCUT2D eigenvalue weighted by atomic mass is 10.1. The third-order valence-electron chi connectivity index (χ3n) is 7.63. The molecular formula is C33H35Cl3N4O6. The summed E-state index contributed by atoms with van der Waals surface area (Å²) in [4.78, 5) is 42.2. The Balaban J connectivity index is 1.24. The van der Waals surface area contributed by atoms with Crippen molar-refractivity contribution in [1.29, 1.82) is 0 Å². The van der Waals surface area contributed by atoms with Crippen molar-refractivity contribution in [3.05, 3.63) is 86.4 Å². The number of ether oxygens (including phenoxy) is 3. The molecule has 5 rings (SSSR count). The molecule has 46 heavy (non-hydrogen) atoms. The van der Waals surface area contributed by atoms with Crippen molar-refractivity contribution in [2.75, 3.05) is 38.3 Å². The summed E-state index contributed by atoms with van der Waals surface area (Å²) in [5.41, 5.74) is 3.01. The largest absolute Gasteiger partial charge is 0.490 e. The highest BCUT2D eigenvalue weighted by atomic mass is 35.5. The number of halogens is 3. The lowest BCUT2D eigenvalue weighted by molar-refractivity contribution is -0.136. The minimum Gasteiger partial charge on any atom is -0.490 e. The minimum atomic E-state index is -0.746. The second-order valence-electron chi connectivity index (χ2n) is 11.1. The molecular weight excluding hydrogens is 655 g/mol. The fraction of sp³-hybridized carbons (Fsp3) is 0.364. The number of rotatable bonds is 12. The molecule has 3 aromatic carbocycles. The summed E-state index contributed by atoms with van der Waals surface area (Å²) in [6.07, 6.45) is 1.20. The van der Waals surface area contributed by atoms with Gasteiger partial charge in [-0.05, 0) is 85.0 Å². The van der Waals surface area contributed by atoms with Gasteiger partial charge in [0, 0.05) is 36.9 Å². The molecule has 10 nitrogen and oxygen atoms in total. The maximum Gasteiger partial charge on any atom is 0.407 e. The fourth-order valence-corrected chi connectivity index (χ4v) is 6.11. The highest BCUT2D eigenvalue weighted by Crippen LogP contribution is 2.35. The predicted octanol–water partition coefficient (Wildman–Crippen LogP) is 5.77. The first-order valence-electron chi connectivity index (χ1n) is 14.9. The van der Waals surface area contributed by atoms with E-state index in [2.05, 4.69) is 10.6 Å². The number of amides is 3. The number of carbonyl (C=O) groups excluding carboxylic acids is 3. The van der Waals surface area contributed by atoms with E-state index in [1.54, 1.807) is 58.3 Å². The zero-order valence-electron chi connectivity index (χ0n) is 25.5. The second-order valence-corrected chi connectivity index (χ2v) is 12.3. The number of carbonyl (C=O) groups is 3. The van der Waals surface area contributed by atoms with Gasteiger partial charge in [-0.1, -0.05) is 40.9 Å². The molecule has 1 saturated carbocycles. The first-order chi connectivity index (χ1) is 22.1. The molecule has 0 radical (unpaired) electrons. The molecule has 3 amide bonds. The fourth-order valence-electron chi connectivity index (χ4n) is 5.23. The lowest BCUT2D eigenvalue weighted by Gasteiger charge is -2.38. The highest BCUT2D eigenvalue weighted by molar-refractivity contribution is 6.37. The Morgan fingerprint density at radius 3 is 2.35 bits per heavy atom. The van der Waals surface area contributed by atoms with Crippen molar-refractivity contribution in [3.8, 4) is 11.5 Å². The van der Waals surface area contributed by atoms with E-state index in [9.17, 15) is 14.4 Å². The molecule has 1 aliphatic heterocycles. The summed E-state index contributed by atoms with van der Waals surface area (Å²) in [5.74, 6) is 0.608. The molecule has 0 bridgehead atoms. The third-order valence-corrected chi connectivity index (χ3v) is 8.56. The topological polar surface area (TPSA) is 109 Å². The number of benzene rings is 3. The Bertz CT molecular complexity index is 1560. The molecule has 2 aliphatic rings. The van der Waals surface area contributed by atoms with Crippen molar-refractivity contribution in [2.24, 2.45) is 0 Å². The summed E-state index contributed by atoms with van der Waals surface area (Å²) >= 11 is 19.0. The molecule has 0 aromatic heterocycles. The summed E-state index contributed by atoms with van der Waals surface area (Å²) in [6.45, 7) is 3.12. The first-order valence-corrected chi connectivity index (χ1v) is 16.0. The molecule has 0 spiro atoms. The smallest absolute Gasteiger partial charge is 0.407 e. The van der Waals surface area contributed by atoms with Crippen LogP contribution in [0, 0.1) is 6.92 Å². The SMILES string of the molecule is CNC(=O)OCc1ccc(Cl)c(CN(C(=O)[C@H]2CNCC(=O)N2c2ccc(OCCOc3c(Cl)cc(C)cc3Cl)cc2)C2CC2)c1. The van der Waals surface area contributed by atoms with Crippen LogP contribution in [-0.2, 0) is 27.5 Å². The van der Waals surface area contributed by atoms with Crippen molar-refractivity contribution in [3.63, 3.8) is 0 Å². The van der Waals surface area contributed by atoms with Gasteiger partial charge in [-0.3, -0.25) is 14.5 Å². The number of piperazine rings is 1. The normalized spacial score (nSPS) is 16.2. The van der Waals surface area contributed by atoms with Crippen LogP contribution in [0.1, 0.15) is 29.5 Å². The van der Waals surface area contributed by atoms with Crippen LogP contribution in [0.2, 0.25) is 15.1 Å². The molecule has 1 heterocycles. The summed E-state index contributed by atoms with van der Waals surface area (Å²) in [6, 6.07) is 15.2. The van der Waals surface area contributed by atoms with Gasteiger partial charge in [0.1, 0.15) is 31.6 Å². The molecule has 3 aromatic rings. The van der Waals surface area contributed by atoms with E-state index >= 15 is 0 Å². The van der Waals surface area contributed by atoms with Gasteiger partial charge in [0.2, 0.25) is 11.8 Å². The van der Waals surface area contributed by atoms with Crippen LogP contribution in [0.3, 0.4) is 0 Å². The average Bonchev–Trinajstić information content (AvgIpc) is 3.88. The number of hydrogen-bond donors (Lipinski definition) is 2. The molecule has 2 fully saturated rings. The van der Waals surface area contributed by atoms with E-state index in [-0.39, 0.29) is 50.8 Å². The van der Waals surface area contributed by atoms with Crippen LogP contribution in [0.4, 0.5) is 10.5 Å². The Labute approximate surface area is 282 Å². The maximum atomic E-state index is 14.1. The zero-order valence-corrected chi connectivity index (χ0v) is 27.8. The average molecular weight is 690 g/mol. The van der Waals surface area contributed by atoms with Gasteiger partial charge in [-0.25, -0.2) is 4.79 Å². The van der Waals surface area contributed by atoms with E-state index in [4.69, 9.17) is 49.0 Å². The van der Waals surface area contributed by atoms with Crippen LogP contribution in [0.15, 0.2) is 54.6 Å². The Morgan fingerprint density at radius 2 is 1.67 bits per heavy atom. The first kappa shape index (κ1) is 33.7. The predicted molar refractivity (Wildman–Crippen MR) is 177 cm³/mol. The number of hydrogen-bond acceptors (Lipinski definition) is 7. The Morgan fingerprint density at radius 1 is 0.978 bits per heavy atom. The van der Waals surface area contributed by atoms with Crippen LogP contribution >= 0.6 is 34.8 Å². The van der Waals surface area contributed by atoms with E-state index in [1.807, 2.05) is 13.0 Å². The number of anilines is 1. The number of nitrogens with zero attached hydrogens (tertiary/aromatic N) is 2. The van der Waals surface area contributed by atoms with Gasteiger partial charge in [0.05, 0.1) is 16.6 Å². The van der Waals surface area contributed by atoms with Crippen molar-refractivity contribution >= 4 is 58.4 Å². The number of nitrogens with one attached hydrogen (secondary N) is 2. The monoisotopic (exact) mass is 688 g/mol. The van der Waals surface area contributed by atoms with Crippen LogP contribution < -0.4 is 25.0 Å². The summed E-state index contributed by atoms with van der Waals surface area (Å²) < 4.78 is 16.7. The quantitative estimate of drug-likeness (QED) is 0.233. The summed E-state index contributed by atoms with van der Waals surface area (Å²) in [5, 5.41) is 6.88. The van der Waals surface area contributed by atoms with E-state index < -0.39 is 12.1 Å². The zero-order chi connectivity index (χ0) is 32.8. The molecule has 244 valence electrons. The van der Waals surface area contributed by atoms with Gasteiger partial charge in [0.15, 0.2) is 5.75 Å². The molecule has 0 unspecified atom stereocenters. The van der Waals surface area contributed by atoms with Crippen LogP contribution in [-0.4, -0.2) is 68.2 Å². The van der Waals surface area contributed by atoms with Crippen molar-refractivity contribution < 1.29 is 28.6 Å². The van der Waals surface area contributed by atoms with E-state index in [1.165, 1.54) is 7.05 Å². The van der Waals surface area contributed by atoms with Gasteiger partial charge in [0.25, 0.3) is 0 Å². The van der Waals surface area contributed by atoms with E-state index in [0.29, 0.717) is 38.8 Å². The third kappa shape index (κ3) is 8.36. The number of alkyl carbamates (subject to hydrolysis) is 1. The van der Waals surface area contributed by atoms with Crippen molar-refractivity contribution in [1.82, 2.24) is 15.5 Å². The Hall–Kier alpha value is -3.70. The highest BCUT2D eigenvalue weighted by Gasteiger charge is 2.41. The maximum absolute atomic E-state index is 14.1. The molecule has 1 aliphatic carbocycles. The lowest BCUT2D eigenvalue weighted by Crippen LogP contribution is -2.61. The summed E-state index contributed by atoms with van der Waals surface area (Å²) in [7, 11) is 1.49. The van der Waals surface area contributed by atoms with Gasteiger partial charge >= 0.3 is 6.09 Å². The van der Waals surface area contributed by atoms with Gasteiger partial charge < -0.3 is 29.7 Å². The van der Waals surface area contributed by atoms with Crippen LogP contribution in [0.25, 0.3) is 0 Å². The number of aryl methyl sites for hydroxylation is 1. The second kappa shape index (κ2) is 15.3. The molecule has 13 heteroatoms. The van der Waals surface area contributed by atoms with Crippen molar-refractivity contribution in [2.45, 2.75) is 45.0 Å². The minimum absolute atomic E-state index is 0.0517. The standard InChI is InChI=1S/C33H35Cl3N4O6/c1-20-13-27(35)31(28(36)14-20)45-12-11-44-25-8-6-24(7-9-25)40-29(16-38-17-30(40)41)32(42)39(23-4-5-23)18-22-15-21(3-10-26(22)34)19-46-33(43)37-2/h3,6-10,13-15,23,29,38H,4-5,11-12,16-19H2,1-2H3,(H,37,43)/t29-/m1/s1. The Kier molecular flexibility index (Phi) is 11.2. The molecule has 1 saturated heterocycles. The van der Waals surface area contributed by atoms with Gasteiger partial charge in [-0.15, -0.1) is 0 Å². The van der Waals surface area contributed by atoms with E-state index in [0.717, 1.165) is 29.5 Å². The molecule has 1 atom stereocenters. The van der Waals surface area contributed by atoms with Crippen LogP contribution in [0.5, 0.6) is 11.5 Å². The molecule has 2 N–H and O–H groups in total.